The topological polar surface area (TPSA) is 47.1 Å². The highest BCUT2D eigenvalue weighted by Crippen LogP contribution is 2.25. The average molecular weight is 421 g/mol. The van der Waals surface area contributed by atoms with E-state index < -0.39 is 0 Å². The molecule has 0 radical (unpaired) electrons. The predicted octanol–water partition coefficient (Wildman–Crippen LogP) is 2.29. The van der Waals surface area contributed by atoms with Gasteiger partial charge in [-0.2, -0.15) is 0 Å². The maximum atomic E-state index is 13.1. The van der Waals surface area contributed by atoms with Crippen LogP contribution in [0.1, 0.15) is 29.6 Å². The van der Waals surface area contributed by atoms with E-state index in [1.807, 2.05) is 52.3 Å². The molecule has 0 bridgehead atoms. The fourth-order valence-electron chi connectivity index (χ4n) is 5.07. The molecule has 2 aromatic carbocycles. The van der Waals surface area contributed by atoms with Crippen molar-refractivity contribution in [2.45, 2.75) is 25.3 Å². The van der Waals surface area contributed by atoms with Crippen LogP contribution in [0.4, 0.5) is 0 Å². The van der Waals surface area contributed by atoms with E-state index in [9.17, 15) is 9.59 Å². The first-order valence-electron chi connectivity index (χ1n) is 11.7. The summed E-state index contributed by atoms with van der Waals surface area (Å²) in [4.78, 5) is 34.7. The maximum absolute atomic E-state index is 13.1. The Morgan fingerprint density at radius 2 is 1.45 bits per heavy atom. The molecule has 0 atom stereocenters. The van der Waals surface area contributed by atoms with E-state index in [1.165, 1.54) is 19.3 Å². The summed E-state index contributed by atoms with van der Waals surface area (Å²) in [5, 5.41) is 2.10. The molecule has 6 nitrogen and oxygen atoms in total. The first-order valence-corrected chi connectivity index (χ1v) is 11.7. The molecular formula is C25H32N4O2. The second-order valence-electron chi connectivity index (χ2n) is 9.10. The van der Waals surface area contributed by atoms with E-state index in [2.05, 4.69) is 9.80 Å². The Balaban J connectivity index is 1.12. The molecule has 2 amide bonds. The molecule has 3 fully saturated rings. The minimum Gasteiger partial charge on any atom is -0.339 e. The van der Waals surface area contributed by atoms with Gasteiger partial charge < -0.3 is 9.80 Å². The number of hydrogen-bond donors (Lipinski definition) is 0. The number of benzene rings is 2. The van der Waals surface area contributed by atoms with Crippen LogP contribution in [0.2, 0.25) is 0 Å². The van der Waals surface area contributed by atoms with Gasteiger partial charge in [0.2, 0.25) is 5.91 Å². The van der Waals surface area contributed by atoms with Gasteiger partial charge in [-0.05, 0) is 29.7 Å². The number of nitrogens with zero attached hydrogens (tertiary/aromatic N) is 4. The first kappa shape index (κ1) is 20.5. The molecule has 1 aliphatic carbocycles. The van der Waals surface area contributed by atoms with Crippen molar-refractivity contribution in [1.29, 1.82) is 0 Å². The fraction of sp³-hybridized carbons (Fsp3) is 0.520. The highest BCUT2D eigenvalue weighted by Gasteiger charge is 2.30. The number of fused-ring (bicyclic) bond motifs is 1. The smallest absolute Gasteiger partial charge is 0.254 e. The molecule has 0 N–H and O–H groups in total. The van der Waals surface area contributed by atoms with Crippen molar-refractivity contribution in [2.75, 3.05) is 58.9 Å². The van der Waals surface area contributed by atoms with Crippen molar-refractivity contribution >= 4 is 22.6 Å². The molecule has 0 spiro atoms. The lowest BCUT2D eigenvalue weighted by Crippen LogP contribution is -2.56. The third-order valence-corrected chi connectivity index (χ3v) is 7.30. The molecule has 0 unspecified atom stereocenters. The summed E-state index contributed by atoms with van der Waals surface area (Å²) in [5.74, 6) is 0.331. The Bertz CT molecular complexity index is 936. The summed E-state index contributed by atoms with van der Waals surface area (Å²) in [6.07, 6.45) is 4.02. The van der Waals surface area contributed by atoms with Crippen LogP contribution in [0.25, 0.3) is 10.8 Å². The van der Waals surface area contributed by atoms with Crippen LogP contribution in [0, 0.1) is 0 Å². The maximum Gasteiger partial charge on any atom is 0.254 e. The number of amides is 2. The molecule has 2 heterocycles. The minimum absolute atomic E-state index is 0.0925. The summed E-state index contributed by atoms with van der Waals surface area (Å²) in [7, 11) is 0. The summed E-state index contributed by atoms with van der Waals surface area (Å²) >= 11 is 0. The molecule has 164 valence electrons. The van der Waals surface area contributed by atoms with E-state index in [1.54, 1.807) is 0 Å². The van der Waals surface area contributed by atoms with Crippen molar-refractivity contribution in [1.82, 2.24) is 19.6 Å². The monoisotopic (exact) mass is 420 g/mol. The lowest BCUT2D eigenvalue weighted by Gasteiger charge is -2.43. The highest BCUT2D eigenvalue weighted by atomic mass is 16.2. The molecular weight excluding hydrogens is 388 g/mol. The number of carbonyl (C=O) groups is 2. The second-order valence-corrected chi connectivity index (χ2v) is 9.10. The molecule has 6 heteroatoms. The van der Waals surface area contributed by atoms with Crippen LogP contribution in [0.15, 0.2) is 42.5 Å². The highest BCUT2D eigenvalue weighted by molar-refractivity contribution is 6.07. The van der Waals surface area contributed by atoms with Crippen molar-refractivity contribution in [3.8, 4) is 0 Å². The Morgan fingerprint density at radius 1 is 0.774 bits per heavy atom. The second kappa shape index (κ2) is 8.97. The van der Waals surface area contributed by atoms with E-state index in [-0.39, 0.29) is 11.8 Å². The molecule has 31 heavy (non-hydrogen) atoms. The van der Waals surface area contributed by atoms with Gasteiger partial charge in [0.1, 0.15) is 0 Å². The Labute approximate surface area is 184 Å². The van der Waals surface area contributed by atoms with Crippen LogP contribution in [0.3, 0.4) is 0 Å². The van der Waals surface area contributed by atoms with Crippen LogP contribution < -0.4 is 0 Å². The number of hydrogen-bond acceptors (Lipinski definition) is 4. The molecule has 5 rings (SSSR count). The van der Waals surface area contributed by atoms with E-state index >= 15 is 0 Å². The van der Waals surface area contributed by atoms with Gasteiger partial charge in [0.25, 0.3) is 5.91 Å². The fourth-order valence-corrected chi connectivity index (χ4v) is 5.07. The zero-order valence-corrected chi connectivity index (χ0v) is 18.2. The standard InChI is InChI=1S/C25H32N4O2/c30-24(28-17-15-27(16-18-28)21-7-4-8-21)19-26-11-13-29(14-12-26)25(31)23-10-3-6-20-5-1-2-9-22(20)23/h1-3,5-6,9-10,21H,4,7-8,11-19H2. The van der Waals surface area contributed by atoms with Crippen LogP contribution in [-0.4, -0.2) is 96.4 Å². The zero-order valence-electron chi connectivity index (χ0n) is 18.2. The SMILES string of the molecule is O=C(CN1CCN(C(=O)c2cccc3ccccc23)CC1)N1CCN(C2CCC2)CC1. The van der Waals surface area contributed by atoms with Crippen molar-refractivity contribution < 1.29 is 9.59 Å². The van der Waals surface area contributed by atoms with Crippen LogP contribution in [-0.2, 0) is 4.79 Å². The zero-order chi connectivity index (χ0) is 21.2. The van der Waals surface area contributed by atoms with Gasteiger partial charge in [0.15, 0.2) is 0 Å². The Hall–Kier alpha value is -2.44. The third-order valence-electron chi connectivity index (χ3n) is 7.30. The minimum atomic E-state index is 0.0925. The molecule has 3 aliphatic rings. The lowest BCUT2D eigenvalue weighted by molar-refractivity contribution is -0.135. The average Bonchev–Trinajstić information content (AvgIpc) is 2.78. The van der Waals surface area contributed by atoms with Gasteiger partial charge in [-0.15, -0.1) is 0 Å². The first-order chi connectivity index (χ1) is 15.2. The van der Waals surface area contributed by atoms with Crippen molar-refractivity contribution in [3.05, 3.63) is 48.0 Å². The summed E-state index contributed by atoms with van der Waals surface area (Å²) in [6.45, 7) is 7.07. The number of carbonyl (C=O) groups excluding carboxylic acids is 2. The van der Waals surface area contributed by atoms with Gasteiger partial charge in [-0.1, -0.05) is 42.8 Å². The largest absolute Gasteiger partial charge is 0.339 e. The van der Waals surface area contributed by atoms with E-state index in [0.717, 1.165) is 61.6 Å². The molecule has 1 saturated carbocycles. The van der Waals surface area contributed by atoms with E-state index in [4.69, 9.17) is 0 Å². The van der Waals surface area contributed by atoms with Gasteiger partial charge >= 0.3 is 0 Å². The van der Waals surface area contributed by atoms with Gasteiger partial charge in [-0.25, -0.2) is 0 Å². The molecule has 2 aromatic rings. The van der Waals surface area contributed by atoms with Crippen molar-refractivity contribution in [2.24, 2.45) is 0 Å². The summed E-state index contributed by atoms with van der Waals surface area (Å²) < 4.78 is 0. The number of piperazine rings is 2. The third kappa shape index (κ3) is 4.32. The quantitative estimate of drug-likeness (QED) is 0.762. The van der Waals surface area contributed by atoms with E-state index in [0.29, 0.717) is 19.6 Å². The van der Waals surface area contributed by atoms with Gasteiger partial charge in [-0.3, -0.25) is 19.4 Å². The molecule has 0 aromatic heterocycles. The van der Waals surface area contributed by atoms with Crippen LogP contribution >= 0.6 is 0 Å². The normalized spacial score (nSPS) is 21.3. The molecule has 2 saturated heterocycles. The summed E-state index contributed by atoms with van der Waals surface area (Å²) in [5.41, 5.74) is 0.770. The summed E-state index contributed by atoms with van der Waals surface area (Å²) in [6, 6.07) is 14.7. The van der Waals surface area contributed by atoms with Gasteiger partial charge in [0, 0.05) is 64.0 Å². The predicted molar refractivity (Wildman–Crippen MR) is 122 cm³/mol. The Morgan fingerprint density at radius 3 is 2.16 bits per heavy atom. The van der Waals surface area contributed by atoms with Crippen LogP contribution in [0.5, 0.6) is 0 Å². The Kier molecular flexibility index (Phi) is 5.92. The van der Waals surface area contributed by atoms with Gasteiger partial charge in [0.05, 0.1) is 6.54 Å². The van der Waals surface area contributed by atoms with Crippen molar-refractivity contribution in [3.63, 3.8) is 0 Å². The lowest BCUT2D eigenvalue weighted by atomic mass is 9.91. The molecule has 2 aliphatic heterocycles. The number of rotatable bonds is 4.